The first-order valence-electron chi connectivity index (χ1n) is 8.37. The molecule has 3 rings (SSSR count). The van der Waals surface area contributed by atoms with Crippen LogP contribution in [0.25, 0.3) is 10.8 Å². The first kappa shape index (κ1) is 16.3. The first-order valence-corrected chi connectivity index (χ1v) is 8.37. The normalized spacial score (nSPS) is 12.2. The van der Waals surface area contributed by atoms with E-state index in [1.54, 1.807) is 13.2 Å². The molecule has 0 spiro atoms. The highest BCUT2D eigenvalue weighted by Crippen LogP contribution is 2.29. The van der Waals surface area contributed by atoms with Crippen LogP contribution in [0.4, 0.5) is 0 Å². The zero-order chi connectivity index (χ0) is 16.9. The number of rotatable bonds is 6. The maximum absolute atomic E-state index is 10.4. The quantitative estimate of drug-likeness (QED) is 0.731. The van der Waals surface area contributed by atoms with Crippen LogP contribution < -0.4 is 9.64 Å². The van der Waals surface area contributed by atoms with Crippen molar-refractivity contribution in [2.45, 2.75) is 20.0 Å². The van der Waals surface area contributed by atoms with Crippen LogP contribution in [0.5, 0.6) is 11.5 Å². The molecule has 0 aromatic heterocycles. The number of phenols is 1. The fourth-order valence-corrected chi connectivity index (χ4v) is 3.11. The molecule has 0 aliphatic heterocycles. The van der Waals surface area contributed by atoms with Crippen molar-refractivity contribution in [3.05, 3.63) is 71.8 Å². The molecule has 0 bridgehead atoms. The Morgan fingerprint density at radius 1 is 0.958 bits per heavy atom. The number of benzene rings is 3. The van der Waals surface area contributed by atoms with Crippen molar-refractivity contribution < 1.29 is 14.7 Å². The molecule has 0 amide bonds. The molecule has 3 heteroatoms. The van der Waals surface area contributed by atoms with E-state index >= 15 is 0 Å². The summed E-state index contributed by atoms with van der Waals surface area (Å²) in [6, 6.07) is 20.3. The first-order chi connectivity index (χ1) is 11.7. The number of aromatic hydroxyl groups is 1. The Kier molecular flexibility index (Phi) is 5.02. The van der Waals surface area contributed by atoms with Crippen LogP contribution in [0.1, 0.15) is 18.1 Å². The minimum Gasteiger partial charge on any atom is -0.507 e. The lowest BCUT2D eigenvalue weighted by Gasteiger charge is -2.20. The number of nitrogens with one attached hydrogen (secondary N) is 1. The van der Waals surface area contributed by atoms with Gasteiger partial charge in [-0.3, -0.25) is 0 Å². The molecule has 0 saturated carbocycles. The lowest BCUT2D eigenvalue weighted by molar-refractivity contribution is -0.925. The predicted molar refractivity (Wildman–Crippen MR) is 97.5 cm³/mol. The molecule has 3 nitrogen and oxygen atoms in total. The maximum Gasteiger partial charge on any atom is 0.125 e. The fraction of sp³-hybridized carbons (Fsp3) is 0.238. The molecule has 0 saturated heterocycles. The van der Waals surface area contributed by atoms with Crippen LogP contribution in [0.15, 0.2) is 60.7 Å². The molecule has 124 valence electrons. The minimum absolute atomic E-state index is 0.356. The Hall–Kier alpha value is -2.52. The number of methoxy groups -OCH3 is 1. The van der Waals surface area contributed by atoms with Crippen LogP contribution in [-0.4, -0.2) is 18.8 Å². The van der Waals surface area contributed by atoms with Crippen molar-refractivity contribution in [3.8, 4) is 11.5 Å². The van der Waals surface area contributed by atoms with Crippen LogP contribution >= 0.6 is 0 Å². The maximum atomic E-state index is 10.4. The summed E-state index contributed by atoms with van der Waals surface area (Å²) in [5, 5.41) is 12.6. The highest BCUT2D eigenvalue weighted by Gasteiger charge is 2.15. The molecule has 0 radical (unpaired) electrons. The molecule has 1 unspecified atom stereocenters. The zero-order valence-corrected chi connectivity index (χ0v) is 14.3. The van der Waals surface area contributed by atoms with Crippen LogP contribution in [0, 0.1) is 0 Å². The molecular weight excluding hydrogens is 298 g/mol. The van der Waals surface area contributed by atoms with E-state index in [1.165, 1.54) is 10.5 Å². The van der Waals surface area contributed by atoms with E-state index in [4.69, 9.17) is 4.74 Å². The van der Waals surface area contributed by atoms with E-state index in [-0.39, 0.29) is 0 Å². The van der Waals surface area contributed by atoms with Gasteiger partial charge < -0.3 is 14.7 Å². The largest absolute Gasteiger partial charge is 0.507 e. The molecule has 0 aliphatic carbocycles. The Morgan fingerprint density at radius 2 is 1.71 bits per heavy atom. The summed E-state index contributed by atoms with van der Waals surface area (Å²) in [6.45, 7) is 4.90. The lowest BCUT2D eigenvalue weighted by Crippen LogP contribution is -3.09. The third-order valence-corrected chi connectivity index (χ3v) is 4.54. The SMILES string of the molecule is CC[NH+](Cc1ccccc1)Cc1c(O)ccc2ccc(OC)cc12. The number of phenolic OH excluding ortho intramolecular Hbond substituents is 1. The van der Waals surface area contributed by atoms with Gasteiger partial charge in [-0.25, -0.2) is 0 Å². The van der Waals surface area contributed by atoms with E-state index in [9.17, 15) is 5.11 Å². The van der Waals surface area contributed by atoms with Crippen molar-refractivity contribution in [1.82, 2.24) is 0 Å². The molecule has 2 N–H and O–H groups in total. The molecule has 24 heavy (non-hydrogen) atoms. The van der Waals surface area contributed by atoms with E-state index < -0.39 is 0 Å². The van der Waals surface area contributed by atoms with Gasteiger partial charge >= 0.3 is 0 Å². The third-order valence-electron chi connectivity index (χ3n) is 4.54. The zero-order valence-electron chi connectivity index (χ0n) is 14.3. The van der Waals surface area contributed by atoms with Crippen molar-refractivity contribution in [2.24, 2.45) is 0 Å². The van der Waals surface area contributed by atoms with Crippen LogP contribution in [0.3, 0.4) is 0 Å². The number of ether oxygens (including phenoxy) is 1. The van der Waals surface area contributed by atoms with E-state index in [0.717, 1.165) is 41.7 Å². The van der Waals surface area contributed by atoms with Gasteiger partial charge in [-0.1, -0.05) is 42.5 Å². The molecule has 0 heterocycles. The Labute approximate surface area is 143 Å². The highest BCUT2D eigenvalue weighted by molar-refractivity contribution is 5.88. The standard InChI is InChI=1S/C21H23NO2/c1-3-22(14-16-7-5-4-6-8-16)15-20-19-13-18(24-2)11-9-17(19)10-12-21(20)23/h4-13,23H,3,14-15H2,1-2H3/p+1. The van der Waals surface area contributed by atoms with Crippen molar-refractivity contribution in [3.63, 3.8) is 0 Å². The van der Waals surface area contributed by atoms with Gasteiger partial charge in [0.1, 0.15) is 24.6 Å². The van der Waals surface area contributed by atoms with Gasteiger partial charge in [0.15, 0.2) is 0 Å². The topological polar surface area (TPSA) is 33.9 Å². The molecular formula is C21H24NO2+. The summed E-state index contributed by atoms with van der Waals surface area (Å²) in [5.41, 5.74) is 2.30. The average Bonchev–Trinajstić information content (AvgIpc) is 2.63. The Bertz CT molecular complexity index is 815. The number of quaternary nitrogens is 1. The lowest BCUT2D eigenvalue weighted by atomic mass is 10.0. The smallest absolute Gasteiger partial charge is 0.125 e. The summed E-state index contributed by atoms with van der Waals surface area (Å²) in [7, 11) is 1.67. The summed E-state index contributed by atoms with van der Waals surface area (Å²) >= 11 is 0. The predicted octanol–water partition coefficient (Wildman–Crippen LogP) is 3.16. The molecule has 3 aromatic rings. The van der Waals surface area contributed by atoms with Gasteiger partial charge in [-0.15, -0.1) is 0 Å². The summed E-state index contributed by atoms with van der Waals surface area (Å²) in [4.78, 5) is 1.41. The third kappa shape index (κ3) is 3.52. The second-order valence-corrected chi connectivity index (χ2v) is 6.09. The van der Waals surface area contributed by atoms with E-state index in [0.29, 0.717) is 5.75 Å². The van der Waals surface area contributed by atoms with Gasteiger partial charge in [-0.2, -0.15) is 0 Å². The number of hydrogen-bond acceptors (Lipinski definition) is 2. The van der Waals surface area contributed by atoms with E-state index in [1.807, 2.05) is 30.3 Å². The van der Waals surface area contributed by atoms with Crippen molar-refractivity contribution >= 4 is 10.8 Å². The van der Waals surface area contributed by atoms with Gasteiger partial charge in [0.2, 0.25) is 0 Å². The summed E-state index contributed by atoms with van der Waals surface area (Å²) < 4.78 is 5.36. The molecule has 0 fully saturated rings. The van der Waals surface area contributed by atoms with Crippen LogP contribution in [-0.2, 0) is 13.1 Å². The molecule has 1 atom stereocenters. The van der Waals surface area contributed by atoms with Crippen molar-refractivity contribution in [1.29, 1.82) is 0 Å². The molecule has 0 aliphatic rings. The van der Waals surface area contributed by atoms with Crippen molar-refractivity contribution in [2.75, 3.05) is 13.7 Å². The van der Waals surface area contributed by atoms with Gasteiger partial charge in [-0.05, 0) is 35.9 Å². The number of hydrogen-bond donors (Lipinski definition) is 2. The van der Waals surface area contributed by atoms with E-state index in [2.05, 4.69) is 31.2 Å². The van der Waals surface area contributed by atoms with Crippen LogP contribution in [0.2, 0.25) is 0 Å². The highest BCUT2D eigenvalue weighted by atomic mass is 16.5. The second kappa shape index (κ2) is 7.37. The van der Waals surface area contributed by atoms with Gasteiger partial charge in [0.05, 0.1) is 19.2 Å². The summed E-state index contributed by atoms with van der Waals surface area (Å²) in [5.74, 6) is 1.17. The average molecular weight is 322 g/mol. The number of fused-ring (bicyclic) bond motifs is 1. The fourth-order valence-electron chi connectivity index (χ4n) is 3.11. The Morgan fingerprint density at radius 3 is 2.42 bits per heavy atom. The summed E-state index contributed by atoms with van der Waals surface area (Å²) in [6.07, 6.45) is 0. The minimum atomic E-state index is 0.356. The second-order valence-electron chi connectivity index (χ2n) is 6.09. The van der Waals surface area contributed by atoms with Gasteiger partial charge in [0.25, 0.3) is 0 Å². The monoisotopic (exact) mass is 322 g/mol. The Balaban J connectivity index is 1.93. The molecule has 3 aromatic carbocycles. The van der Waals surface area contributed by atoms with Gasteiger partial charge in [0, 0.05) is 5.56 Å².